The van der Waals surface area contributed by atoms with E-state index in [1.54, 1.807) is 12.1 Å². The molecule has 0 heterocycles. The van der Waals surface area contributed by atoms with Crippen molar-refractivity contribution >= 4 is 0 Å². The van der Waals surface area contributed by atoms with Gasteiger partial charge >= 0.3 is 6.18 Å². The van der Waals surface area contributed by atoms with Crippen LogP contribution in [0.4, 0.5) is 13.2 Å². The maximum atomic E-state index is 12.1. The molecule has 1 aliphatic rings. The van der Waals surface area contributed by atoms with Gasteiger partial charge in [-0.2, -0.15) is 13.2 Å². The largest absolute Gasteiger partial charge is 0.491 e. The van der Waals surface area contributed by atoms with Gasteiger partial charge in [-0.25, -0.2) is 0 Å². The molecule has 0 amide bonds. The van der Waals surface area contributed by atoms with Gasteiger partial charge < -0.3 is 9.84 Å². The van der Waals surface area contributed by atoms with E-state index in [9.17, 15) is 13.2 Å². The molecule has 100 valence electrons. The first-order valence-electron chi connectivity index (χ1n) is 5.79. The Morgan fingerprint density at radius 3 is 2.28 bits per heavy atom. The van der Waals surface area contributed by atoms with Gasteiger partial charge in [0.25, 0.3) is 0 Å². The first-order chi connectivity index (χ1) is 8.31. The van der Waals surface area contributed by atoms with Crippen molar-refractivity contribution in [2.75, 3.05) is 6.61 Å². The summed E-state index contributed by atoms with van der Waals surface area (Å²) in [7, 11) is 0. The molecule has 0 aromatic heterocycles. The normalized spacial score (nSPS) is 19.4. The minimum Gasteiger partial charge on any atom is -0.491 e. The lowest BCUT2D eigenvalue weighted by atomic mass is 9.99. The Bertz CT molecular complexity index is 407. The molecular weight excluding hydrogens is 245 g/mol. The van der Waals surface area contributed by atoms with E-state index in [1.165, 1.54) is 5.56 Å². The van der Waals surface area contributed by atoms with Gasteiger partial charge in [0, 0.05) is 0 Å². The number of aliphatic hydroxyl groups excluding tert-OH is 1. The highest BCUT2D eigenvalue weighted by Crippen LogP contribution is 2.47. The van der Waals surface area contributed by atoms with Crippen LogP contribution in [0.25, 0.3) is 0 Å². The Kier molecular flexibility index (Phi) is 3.27. The van der Waals surface area contributed by atoms with Crippen LogP contribution in [0.2, 0.25) is 0 Å². The lowest BCUT2D eigenvalue weighted by molar-refractivity contribution is -0.210. The minimum atomic E-state index is -4.64. The third kappa shape index (κ3) is 2.96. The molecule has 1 atom stereocenters. The van der Waals surface area contributed by atoms with E-state index in [4.69, 9.17) is 9.84 Å². The van der Waals surface area contributed by atoms with Crippen LogP contribution in [-0.4, -0.2) is 24.0 Å². The summed E-state index contributed by atoms with van der Waals surface area (Å²) >= 11 is 0. The molecule has 5 heteroatoms. The van der Waals surface area contributed by atoms with Crippen LogP contribution < -0.4 is 4.74 Å². The number of ether oxygens (including phenoxy) is 1. The van der Waals surface area contributed by atoms with Crippen LogP contribution in [0.5, 0.6) is 5.75 Å². The van der Waals surface area contributed by atoms with Gasteiger partial charge in [-0.1, -0.05) is 19.1 Å². The summed E-state index contributed by atoms with van der Waals surface area (Å²) in [6.07, 6.45) is -4.81. The summed E-state index contributed by atoms with van der Waals surface area (Å²) in [5.41, 5.74) is 1.40. The Hall–Kier alpha value is -1.23. The highest BCUT2D eigenvalue weighted by Gasteiger charge is 2.39. The maximum Gasteiger partial charge on any atom is 0.417 e. The summed E-state index contributed by atoms with van der Waals surface area (Å²) in [6, 6.07) is 7.01. The van der Waals surface area contributed by atoms with Crippen molar-refractivity contribution in [1.82, 2.24) is 0 Å². The topological polar surface area (TPSA) is 29.5 Å². The molecule has 1 fully saturated rings. The Morgan fingerprint density at radius 2 is 1.83 bits per heavy atom. The second-order valence-electron chi connectivity index (χ2n) is 4.95. The third-order valence-electron chi connectivity index (χ3n) is 3.34. The predicted octanol–water partition coefficient (Wildman–Crippen LogP) is 3.04. The van der Waals surface area contributed by atoms with E-state index in [-0.39, 0.29) is 5.41 Å². The third-order valence-corrected chi connectivity index (χ3v) is 3.34. The van der Waals surface area contributed by atoms with Gasteiger partial charge in [-0.3, -0.25) is 0 Å². The molecule has 0 unspecified atom stereocenters. The summed E-state index contributed by atoms with van der Waals surface area (Å²) < 4.78 is 41.1. The van der Waals surface area contributed by atoms with E-state index in [0.29, 0.717) is 5.75 Å². The van der Waals surface area contributed by atoms with Crippen molar-refractivity contribution in [1.29, 1.82) is 0 Å². The second-order valence-corrected chi connectivity index (χ2v) is 4.95. The summed E-state index contributed by atoms with van der Waals surface area (Å²) in [5.74, 6) is 0.339. The van der Waals surface area contributed by atoms with Crippen LogP contribution in [0.1, 0.15) is 25.3 Å². The number of hydrogen-bond donors (Lipinski definition) is 1. The number of benzene rings is 1. The molecule has 1 aromatic rings. The van der Waals surface area contributed by atoms with Crippen LogP contribution in [0, 0.1) is 0 Å². The Labute approximate surface area is 103 Å². The molecule has 1 aliphatic carbocycles. The number of hydrogen-bond acceptors (Lipinski definition) is 2. The molecule has 1 N–H and O–H groups in total. The number of alkyl halides is 3. The smallest absolute Gasteiger partial charge is 0.417 e. The first kappa shape index (κ1) is 13.2. The molecule has 0 bridgehead atoms. The van der Waals surface area contributed by atoms with E-state index < -0.39 is 18.9 Å². The molecule has 0 radical (unpaired) electrons. The molecule has 18 heavy (non-hydrogen) atoms. The monoisotopic (exact) mass is 260 g/mol. The molecule has 0 spiro atoms. The summed E-state index contributed by atoms with van der Waals surface area (Å²) in [5, 5.41) is 8.79. The average molecular weight is 260 g/mol. The van der Waals surface area contributed by atoms with Crippen molar-refractivity contribution in [3.8, 4) is 5.75 Å². The number of aliphatic hydroxyl groups is 1. The zero-order valence-electron chi connectivity index (χ0n) is 10.00. The lowest BCUT2D eigenvalue weighted by Crippen LogP contribution is -2.34. The van der Waals surface area contributed by atoms with Gasteiger partial charge in [-0.15, -0.1) is 0 Å². The zero-order chi connectivity index (χ0) is 13.4. The van der Waals surface area contributed by atoms with Crippen LogP contribution >= 0.6 is 0 Å². The Balaban J connectivity index is 1.91. The van der Waals surface area contributed by atoms with Gasteiger partial charge in [0.1, 0.15) is 12.4 Å². The highest BCUT2D eigenvalue weighted by molar-refractivity contribution is 5.35. The zero-order valence-corrected chi connectivity index (χ0v) is 10.00. The molecule has 1 aromatic carbocycles. The van der Waals surface area contributed by atoms with Crippen molar-refractivity contribution in [3.63, 3.8) is 0 Å². The summed E-state index contributed by atoms with van der Waals surface area (Å²) in [4.78, 5) is 0. The molecule has 1 saturated carbocycles. The standard InChI is InChI=1S/C13H15F3O2/c1-12(6-7-12)9-2-4-10(5-3-9)18-8-11(17)13(14,15)16/h2-5,11,17H,6-8H2,1H3/t11-/m0/s1. The van der Waals surface area contributed by atoms with Gasteiger partial charge in [0.15, 0.2) is 6.10 Å². The lowest BCUT2D eigenvalue weighted by Gasteiger charge is -2.16. The summed E-state index contributed by atoms with van der Waals surface area (Å²) in [6.45, 7) is 1.37. The van der Waals surface area contributed by atoms with Gasteiger partial charge in [0.2, 0.25) is 0 Å². The first-order valence-corrected chi connectivity index (χ1v) is 5.79. The molecule has 0 saturated heterocycles. The fourth-order valence-electron chi connectivity index (χ4n) is 1.70. The highest BCUT2D eigenvalue weighted by atomic mass is 19.4. The van der Waals surface area contributed by atoms with Gasteiger partial charge in [-0.05, 0) is 36.0 Å². The molecule has 2 nitrogen and oxygen atoms in total. The van der Waals surface area contributed by atoms with E-state index >= 15 is 0 Å². The fourth-order valence-corrected chi connectivity index (χ4v) is 1.70. The van der Waals surface area contributed by atoms with Crippen LogP contribution in [0.3, 0.4) is 0 Å². The number of halogens is 3. The second kappa shape index (κ2) is 4.46. The SMILES string of the molecule is CC1(c2ccc(OC[C@H](O)C(F)(F)F)cc2)CC1. The average Bonchev–Trinajstić information content (AvgIpc) is 3.05. The van der Waals surface area contributed by atoms with E-state index in [1.807, 2.05) is 12.1 Å². The van der Waals surface area contributed by atoms with Crippen LogP contribution in [0.15, 0.2) is 24.3 Å². The maximum absolute atomic E-state index is 12.1. The fraction of sp³-hybridized carbons (Fsp3) is 0.538. The Morgan fingerprint density at radius 1 is 1.28 bits per heavy atom. The van der Waals surface area contributed by atoms with Crippen molar-refractivity contribution < 1.29 is 23.0 Å². The molecule has 0 aliphatic heterocycles. The minimum absolute atomic E-state index is 0.226. The molecular formula is C13H15F3O2. The predicted molar refractivity (Wildman–Crippen MR) is 60.6 cm³/mol. The van der Waals surface area contributed by atoms with Crippen LogP contribution in [-0.2, 0) is 5.41 Å². The van der Waals surface area contributed by atoms with Crippen molar-refractivity contribution in [2.24, 2.45) is 0 Å². The molecule has 2 rings (SSSR count). The van der Waals surface area contributed by atoms with Gasteiger partial charge in [0.05, 0.1) is 0 Å². The quantitative estimate of drug-likeness (QED) is 0.901. The van der Waals surface area contributed by atoms with E-state index in [2.05, 4.69) is 6.92 Å². The van der Waals surface area contributed by atoms with E-state index in [0.717, 1.165) is 12.8 Å². The van der Waals surface area contributed by atoms with Crippen molar-refractivity contribution in [2.45, 2.75) is 37.5 Å². The van der Waals surface area contributed by atoms with Crippen molar-refractivity contribution in [3.05, 3.63) is 29.8 Å². The number of rotatable bonds is 4.